The molecule has 0 radical (unpaired) electrons. The second kappa shape index (κ2) is 4.00. The molecule has 0 aromatic carbocycles. The first-order valence-electron chi connectivity index (χ1n) is 4.90. The number of hydrogen-bond donors (Lipinski definition) is 1. The van der Waals surface area contributed by atoms with E-state index < -0.39 is 0 Å². The van der Waals surface area contributed by atoms with Crippen molar-refractivity contribution in [2.45, 2.75) is 19.3 Å². The molecule has 2 rings (SSSR count). The molecule has 3 nitrogen and oxygen atoms in total. The van der Waals surface area contributed by atoms with E-state index in [2.05, 4.69) is 4.90 Å². The molecule has 0 atom stereocenters. The first-order chi connectivity index (χ1) is 6.81. The van der Waals surface area contributed by atoms with Crippen LogP contribution in [0.5, 0.6) is 0 Å². The van der Waals surface area contributed by atoms with E-state index in [0.29, 0.717) is 10.6 Å². The van der Waals surface area contributed by atoms with Gasteiger partial charge in [-0.1, -0.05) is 0 Å². The van der Waals surface area contributed by atoms with Crippen LogP contribution in [0.3, 0.4) is 0 Å². The highest BCUT2D eigenvalue weighted by molar-refractivity contribution is 7.20. The zero-order valence-corrected chi connectivity index (χ0v) is 8.85. The van der Waals surface area contributed by atoms with Crippen molar-refractivity contribution in [3.63, 3.8) is 0 Å². The van der Waals surface area contributed by atoms with Crippen molar-refractivity contribution in [3.8, 4) is 0 Å². The summed E-state index contributed by atoms with van der Waals surface area (Å²) in [5.74, 6) is 0. The standard InChI is InChI=1S/C10H14N2OS/c11-10-8(7-13)6-9(14-10)12-4-2-1-3-5-12/h6-7H,1-5,11H2. The van der Waals surface area contributed by atoms with Crippen molar-refractivity contribution in [1.82, 2.24) is 0 Å². The van der Waals surface area contributed by atoms with Gasteiger partial charge in [-0.25, -0.2) is 0 Å². The minimum absolute atomic E-state index is 0.635. The Morgan fingerprint density at radius 3 is 2.64 bits per heavy atom. The Bertz CT molecular complexity index is 329. The van der Waals surface area contributed by atoms with E-state index in [1.807, 2.05) is 6.07 Å². The van der Waals surface area contributed by atoms with Gasteiger partial charge in [-0.2, -0.15) is 0 Å². The number of aldehydes is 1. The van der Waals surface area contributed by atoms with Gasteiger partial charge in [-0.3, -0.25) is 4.79 Å². The van der Waals surface area contributed by atoms with E-state index in [4.69, 9.17) is 5.73 Å². The molecule has 0 unspecified atom stereocenters. The van der Waals surface area contributed by atoms with Gasteiger partial charge in [0.2, 0.25) is 0 Å². The number of piperidine rings is 1. The second-order valence-corrected chi connectivity index (χ2v) is 4.63. The smallest absolute Gasteiger partial charge is 0.153 e. The SMILES string of the molecule is Nc1sc(N2CCCCC2)cc1C=O. The lowest BCUT2D eigenvalue weighted by Gasteiger charge is -2.26. The normalized spacial score (nSPS) is 17.0. The highest BCUT2D eigenvalue weighted by Gasteiger charge is 2.14. The lowest BCUT2D eigenvalue weighted by atomic mass is 10.1. The zero-order valence-electron chi connectivity index (χ0n) is 8.03. The molecule has 0 saturated carbocycles. The minimum Gasteiger partial charge on any atom is -0.390 e. The van der Waals surface area contributed by atoms with Gasteiger partial charge in [-0.05, 0) is 25.3 Å². The van der Waals surface area contributed by atoms with E-state index in [1.54, 1.807) is 0 Å². The van der Waals surface area contributed by atoms with Crippen LogP contribution < -0.4 is 10.6 Å². The highest BCUT2D eigenvalue weighted by atomic mass is 32.1. The number of anilines is 2. The number of carbonyl (C=O) groups is 1. The summed E-state index contributed by atoms with van der Waals surface area (Å²) in [6.45, 7) is 2.19. The van der Waals surface area contributed by atoms with Gasteiger partial charge < -0.3 is 10.6 Å². The molecule has 4 heteroatoms. The van der Waals surface area contributed by atoms with Crippen LogP contribution in [0.25, 0.3) is 0 Å². The molecule has 1 aromatic heterocycles. The van der Waals surface area contributed by atoms with Gasteiger partial charge in [0.25, 0.3) is 0 Å². The number of nitrogen functional groups attached to an aromatic ring is 1. The average Bonchev–Trinajstić information content (AvgIpc) is 2.61. The molecular formula is C10H14N2OS. The summed E-state index contributed by atoms with van der Waals surface area (Å²) < 4.78 is 0. The maximum Gasteiger partial charge on any atom is 0.153 e. The molecule has 76 valence electrons. The topological polar surface area (TPSA) is 46.3 Å². The number of carbonyl (C=O) groups excluding carboxylic acids is 1. The van der Waals surface area contributed by atoms with Crippen molar-refractivity contribution in [1.29, 1.82) is 0 Å². The lowest BCUT2D eigenvalue weighted by Crippen LogP contribution is -2.28. The first-order valence-corrected chi connectivity index (χ1v) is 5.72. The predicted molar refractivity (Wildman–Crippen MR) is 60.2 cm³/mol. The van der Waals surface area contributed by atoms with Crippen molar-refractivity contribution < 1.29 is 4.79 Å². The summed E-state index contributed by atoms with van der Waals surface area (Å²) in [7, 11) is 0. The van der Waals surface area contributed by atoms with Crippen LogP contribution in [-0.2, 0) is 0 Å². The third kappa shape index (κ3) is 1.75. The molecule has 1 fully saturated rings. The maximum atomic E-state index is 10.6. The van der Waals surface area contributed by atoms with E-state index in [0.717, 1.165) is 24.4 Å². The second-order valence-electron chi connectivity index (χ2n) is 3.57. The molecule has 1 aromatic rings. The molecule has 0 amide bonds. The number of hydrogen-bond acceptors (Lipinski definition) is 4. The summed E-state index contributed by atoms with van der Waals surface area (Å²) in [6, 6.07) is 1.90. The van der Waals surface area contributed by atoms with Crippen LogP contribution in [0.4, 0.5) is 10.0 Å². The Balaban J connectivity index is 2.18. The summed E-state index contributed by atoms with van der Waals surface area (Å²) >= 11 is 1.52. The quantitative estimate of drug-likeness (QED) is 0.761. The summed E-state index contributed by atoms with van der Waals surface area (Å²) in [5, 5.41) is 1.78. The Morgan fingerprint density at radius 1 is 1.36 bits per heavy atom. The Kier molecular flexibility index (Phi) is 2.72. The van der Waals surface area contributed by atoms with Crippen molar-refractivity contribution in [3.05, 3.63) is 11.6 Å². The van der Waals surface area contributed by atoms with Crippen LogP contribution in [-0.4, -0.2) is 19.4 Å². The average molecular weight is 210 g/mol. The van der Waals surface area contributed by atoms with Crippen molar-refractivity contribution in [2.75, 3.05) is 23.7 Å². The fraction of sp³-hybridized carbons (Fsp3) is 0.500. The van der Waals surface area contributed by atoms with E-state index in [1.165, 1.54) is 30.6 Å². The van der Waals surface area contributed by atoms with Crippen LogP contribution in [0, 0.1) is 0 Å². The highest BCUT2D eigenvalue weighted by Crippen LogP contribution is 2.32. The van der Waals surface area contributed by atoms with Crippen LogP contribution in [0.1, 0.15) is 29.6 Å². The lowest BCUT2D eigenvalue weighted by molar-refractivity contribution is 0.112. The third-order valence-electron chi connectivity index (χ3n) is 2.57. The van der Waals surface area contributed by atoms with Gasteiger partial charge >= 0.3 is 0 Å². The van der Waals surface area contributed by atoms with E-state index in [9.17, 15) is 4.79 Å². The zero-order chi connectivity index (χ0) is 9.97. The largest absolute Gasteiger partial charge is 0.390 e. The Morgan fingerprint density at radius 2 is 2.07 bits per heavy atom. The molecular weight excluding hydrogens is 196 g/mol. The van der Waals surface area contributed by atoms with Gasteiger partial charge in [-0.15, -0.1) is 11.3 Å². The molecule has 1 aliphatic heterocycles. The number of rotatable bonds is 2. The molecule has 0 spiro atoms. The maximum absolute atomic E-state index is 10.6. The van der Waals surface area contributed by atoms with Gasteiger partial charge in [0.15, 0.2) is 6.29 Å². The van der Waals surface area contributed by atoms with Crippen LogP contribution in [0.2, 0.25) is 0 Å². The molecule has 2 heterocycles. The molecule has 14 heavy (non-hydrogen) atoms. The molecule has 1 saturated heterocycles. The molecule has 0 bridgehead atoms. The fourth-order valence-corrected chi connectivity index (χ4v) is 2.72. The molecule has 0 aliphatic carbocycles. The van der Waals surface area contributed by atoms with Gasteiger partial charge in [0, 0.05) is 13.1 Å². The van der Waals surface area contributed by atoms with Crippen LogP contribution >= 0.6 is 11.3 Å². The fourth-order valence-electron chi connectivity index (χ4n) is 1.77. The molecule has 2 N–H and O–H groups in total. The van der Waals surface area contributed by atoms with Crippen LogP contribution in [0.15, 0.2) is 6.07 Å². The molecule has 1 aliphatic rings. The summed E-state index contributed by atoms with van der Waals surface area (Å²) in [4.78, 5) is 12.9. The summed E-state index contributed by atoms with van der Waals surface area (Å²) in [5.41, 5.74) is 6.35. The third-order valence-corrected chi connectivity index (χ3v) is 3.61. The monoisotopic (exact) mass is 210 g/mol. The van der Waals surface area contributed by atoms with Gasteiger partial charge in [0.1, 0.15) is 0 Å². The Labute approximate surface area is 87.5 Å². The Hall–Kier alpha value is -1.03. The van der Waals surface area contributed by atoms with E-state index >= 15 is 0 Å². The van der Waals surface area contributed by atoms with E-state index in [-0.39, 0.29) is 0 Å². The minimum atomic E-state index is 0.635. The first kappa shape index (κ1) is 9.52. The number of nitrogens with two attached hydrogens (primary N) is 1. The number of thiophene rings is 1. The van der Waals surface area contributed by atoms with Gasteiger partial charge in [0.05, 0.1) is 15.6 Å². The summed E-state index contributed by atoms with van der Waals surface area (Å²) in [6.07, 6.45) is 4.64. The number of nitrogens with zero attached hydrogens (tertiary/aromatic N) is 1. The van der Waals surface area contributed by atoms with Crippen molar-refractivity contribution >= 4 is 27.6 Å². The predicted octanol–water partition coefficient (Wildman–Crippen LogP) is 2.13. The van der Waals surface area contributed by atoms with Crippen molar-refractivity contribution in [2.24, 2.45) is 0 Å².